The van der Waals surface area contributed by atoms with Gasteiger partial charge < -0.3 is 10.2 Å². The molecule has 0 amide bonds. The molecule has 0 heterocycles. The van der Waals surface area contributed by atoms with Crippen LogP contribution in [0.1, 0.15) is 50.5 Å². The van der Waals surface area contributed by atoms with Crippen LogP contribution in [0.25, 0.3) is 0 Å². The second kappa shape index (κ2) is 12.0. The zero-order valence-electron chi connectivity index (χ0n) is 11.5. The van der Waals surface area contributed by atoms with Gasteiger partial charge in [-0.1, -0.05) is 50.7 Å². The summed E-state index contributed by atoms with van der Waals surface area (Å²) in [5.41, 5.74) is 1.30. The van der Waals surface area contributed by atoms with E-state index in [4.69, 9.17) is 5.11 Å². The Labute approximate surface area is 133 Å². The molecule has 0 unspecified atom stereocenters. The quantitative estimate of drug-likeness (QED) is 0.502. The fourth-order valence-electron chi connectivity index (χ4n) is 1.98. The molecule has 0 aliphatic rings. The van der Waals surface area contributed by atoms with Crippen molar-refractivity contribution in [3.8, 4) is 5.75 Å². The first-order valence-corrected chi connectivity index (χ1v) is 6.69. The first-order valence-electron chi connectivity index (χ1n) is 6.69. The Kier molecular flexibility index (Phi) is 12.0. The Hall–Kier alpha value is -0.0200. The Morgan fingerprint density at radius 1 is 0.778 bits per heavy atom. The van der Waals surface area contributed by atoms with Crippen LogP contribution in [-0.2, 0) is 6.42 Å². The molecule has 3 heteroatoms. The van der Waals surface area contributed by atoms with E-state index >= 15 is 0 Å². The van der Waals surface area contributed by atoms with Crippen molar-refractivity contribution in [2.24, 2.45) is 0 Å². The van der Waals surface area contributed by atoms with Crippen LogP contribution >= 0.6 is 0 Å². The fourth-order valence-corrected chi connectivity index (χ4v) is 1.98. The van der Waals surface area contributed by atoms with Crippen molar-refractivity contribution >= 4 is 0 Å². The Morgan fingerprint density at radius 2 is 1.28 bits per heavy atom. The first-order chi connectivity index (χ1) is 8.33. The van der Waals surface area contributed by atoms with Crippen LogP contribution in [-0.4, -0.2) is 11.7 Å². The minimum Gasteiger partial charge on any atom is -0.854 e. The average molecular weight is 258 g/mol. The van der Waals surface area contributed by atoms with Crippen molar-refractivity contribution in [2.75, 3.05) is 6.61 Å². The molecule has 2 nitrogen and oxygen atoms in total. The molecule has 0 spiro atoms. The molecule has 0 saturated carbocycles. The van der Waals surface area contributed by atoms with Crippen LogP contribution in [0.3, 0.4) is 0 Å². The average Bonchev–Trinajstić information content (AvgIpc) is 2.35. The molecule has 96 valence electrons. The number of aryl methyl sites for hydroxylation is 1. The van der Waals surface area contributed by atoms with Gasteiger partial charge >= 0.3 is 29.6 Å². The van der Waals surface area contributed by atoms with Gasteiger partial charge in [0.05, 0.1) is 0 Å². The second-order valence-corrected chi connectivity index (χ2v) is 4.60. The van der Waals surface area contributed by atoms with Crippen molar-refractivity contribution < 1.29 is 39.8 Å². The third-order valence-electron chi connectivity index (χ3n) is 3.05. The SMILES string of the molecule is [Na+].[O-]CCCCCCCCCc1ccc(O)cc1. The molecule has 1 aromatic rings. The van der Waals surface area contributed by atoms with Crippen LogP contribution in [0.4, 0.5) is 0 Å². The van der Waals surface area contributed by atoms with E-state index in [2.05, 4.69) is 0 Å². The topological polar surface area (TPSA) is 43.3 Å². The molecule has 0 aliphatic carbocycles. The number of aromatic hydroxyl groups is 1. The van der Waals surface area contributed by atoms with Crippen LogP contribution in [0.2, 0.25) is 0 Å². The summed E-state index contributed by atoms with van der Waals surface area (Å²) in [5, 5.41) is 19.4. The zero-order chi connectivity index (χ0) is 12.3. The van der Waals surface area contributed by atoms with Gasteiger partial charge in [-0.15, -0.1) is 6.61 Å². The van der Waals surface area contributed by atoms with Gasteiger partial charge in [-0.3, -0.25) is 0 Å². The van der Waals surface area contributed by atoms with E-state index < -0.39 is 0 Å². The summed E-state index contributed by atoms with van der Waals surface area (Å²) in [6.45, 7) is 0.0842. The molecule has 1 aromatic carbocycles. The predicted octanol–water partition coefficient (Wildman–Crippen LogP) is 0.0297. The fraction of sp³-hybridized carbons (Fsp3) is 0.600. The maximum absolute atomic E-state index is 10.2. The Bertz CT molecular complexity index is 285. The number of phenols is 1. The van der Waals surface area contributed by atoms with Crippen LogP contribution in [0, 0.1) is 0 Å². The van der Waals surface area contributed by atoms with Gasteiger partial charge in [-0.05, 0) is 30.5 Å². The molecule has 0 fully saturated rings. The van der Waals surface area contributed by atoms with Crippen LogP contribution in [0.15, 0.2) is 24.3 Å². The molecule has 1 rings (SSSR count). The molecular formula is C15H23NaO2. The van der Waals surface area contributed by atoms with E-state index in [1.165, 1.54) is 37.7 Å². The summed E-state index contributed by atoms with van der Waals surface area (Å²) < 4.78 is 0. The molecule has 0 aliphatic heterocycles. The summed E-state index contributed by atoms with van der Waals surface area (Å²) >= 11 is 0. The predicted molar refractivity (Wildman–Crippen MR) is 69.0 cm³/mol. The number of benzene rings is 1. The third-order valence-corrected chi connectivity index (χ3v) is 3.05. The van der Waals surface area contributed by atoms with E-state index in [0.717, 1.165) is 19.3 Å². The number of hydrogen-bond acceptors (Lipinski definition) is 2. The minimum atomic E-state index is 0. The van der Waals surface area contributed by atoms with Crippen molar-refractivity contribution in [1.29, 1.82) is 0 Å². The van der Waals surface area contributed by atoms with E-state index in [1.807, 2.05) is 12.1 Å². The number of phenolic OH excluding ortho intramolecular Hbond substituents is 1. The molecule has 0 atom stereocenters. The molecule has 0 radical (unpaired) electrons. The summed E-state index contributed by atoms with van der Waals surface area (Å²) in [6.07, 6.45) is 9.26. The van der Waals surface area contributed by atoms with Crippen LogP contribution in [0.5, 0.6) is 5.75 Å². The minimum absolute atomic E-state index is 0. The maximum atomic E-state index is 10.2. The summed E-state index contributed by atoms with van der Waals surface area (Å²) in [5.74, 6) is 0.340. The molecule has 0 bridgehead atoms. The van der Waals surface area contributed by atoms with Crippen LogP contribution < -0.4 is 34.7 Å². The third kappa shape index (κ3) is 8.98. The van der Waals surface area contributed by atoms with E-state index in [-0.39, 0.29) is 36.2 Å². The van der Waals surface area contributed by atoms with Gasteiger partial charge in [0.15, 0.2) is 0 Å². The van der Waals surface area contributed by atoms with Gasteiger partial charge in [0.25, 0.3) is 0 Å². The molecule has 18 heavy (non-hydrogen) atoms. The van der Waals surface area contributed by atoms with Gasteiger partial charge in [0.1, 0.15) is 5.75 Å². The Balaban J connectivity index is 0.00000289. The van der Waals surface area contributed by atoms with Crippen molar-refractivity contribution in [1.82, 2.24) is 0 Å². The molecule has 0 aromatic heterocycles. The number of hydrogen-bond donors (Lipinski definition) is 1. The summed E-state index contributed by atoms with van der Waals surface area (Å²) in [4.78, 5) is 0. The molecular weight excluding hydrogens is 235 g/mol. The van der Waals surface area contributed by atoms with Gasteiger partial charge in [-0.2, -0.15) is 0 Å². The van der Waals surface area contributed by atoms with Gasteiger partial charge in [0, 0.05) is 0 Å². The standard InChI is InChI=1S/C15H23O2.Na/c16-13-7-5-3-1-2-4-6-8-14-9-11-15(17)12-10-14;/h9-12,17H,1-8,13H2;/q-1;+1. The zero-order valence-corrected chi connectivity index (χ0v) is 13.5. The first kappa shape index (κ1) is 18.0. The summed E-state index contributed by atoms with van der Waals surface area (Å²) in [7, 11) is 0. The van der Waals surface area contributed by atoms with Crippen molar-refractivity contribution in [3.05, 3.63) is 29.8 Å². The maximum Gasteiger partial charge on any atom is 1.00 e. The van der Waals surface area contributed by atoms with Crippen molar-refractivity contribution in [3.63, 3.8) is 0 Å². The number of rotatable bonds is 9. The smallest absolute Gasteiger partial charge is 0.854 e. The van der Waals surface area contributed by atoms with Gasteiger partial charge in [-0.25, -0.2) is 0 Å². The Morgan fingerprint density at radius 3 is 1.83 bits per heavy atom. The van der Waals surface area contributed by atoms with Gasteiger partial charge in [0.2, 0.25) is 0 Å². The largest absolute Gasteiger partial charge is 1.00 e. The number of unbranched alkanes of at least 4 members (excludes halogenated alkanes) is 6. The monoisotopic (exact) mass is 258 g/mol. The van der Waals surface area contributed by atoms with Crippen molar-refractivity contribution in [2.45, 2.75) is 51.4 Å². The molecule has 0 saturated heterocycles. The molecule has 1 N–H and O–H groups in total. The van der Waals surface area contributed by atoms with E-state index in [0.29, 0.717) is 5.75 Å². The second-order valence-electron chi connectivity index (χ2n) is 4.60. The normalized spacial score (nSPS) is 10.1. The van der Waals surface area contributed by atoms with E-state index in [1.54, 1.807) is 12.1 Å². The summed E-state index contributed by atoms with van der Waals surface area (Å²) in [6, 6.07) is 7.48. The van der Waals surface area contributed by atoms with E-state index in [9.17, 15) is 5.11 Å².